The Hall–Kier alpha value is -2.73. The number of fused-ring (bicyclic) bond motifs is 1. The molecule has 0 spiro atoms. The first-order chi connectivity index (χ1) is 10.3. The molecule has 1 N–H and O–H groups in total. The zero-order valence-electron chi connectivity index (χ0n) is 10.8. The fourth-order valence-corrected chi connectivity index (χ4v) is 3.18. The molecule has 0 amide bonds. The van der Waals surface area contributed by atoms with Gasteiger partial charge in [-0.3, -0.25) is 4.57 Å². The van der Waals surface area contributed by atoms with Gasteiger partial charge in [-0.05, 0) is 24.3 Å². The van der Waals surface area contributed by atoms with E-state index in [0.29, 0.717) is 0 Å². The van der Waals surface area contributed by atoms with Crippen molar-refractivity contribution in [1.82, 2.24) is 19.7 Å². The summed E-state index contributed by atoms with van der Waals surface area (Å²) in [5, 5.41) is 18.6. The molecule has 0 saturated carbocycles. The largest absolute Gasteiger partial charge is 0.507 e. The molecule has 5 nitrogen and oxygen atoms in total. The molecule has 0 aliphatic carbocycles. The van der Waals surface area contributed by atoms with Crippen molar-refractivity contribution in [3.8, 4) is 22.0 Å². The van der Waals surface area contributed by atoms with E-state index in [1.54, 1.807) is 34.6 Å². The maximum absolute atomic E-state index is 10.3. The van der Waals surface area contributed by atoms with E-state index >= 15 is 0 Å². The molecule has 21 heavy (non-hydrogen) atoms. The molecular formula is C15H10N4OS. The van der Waals surface area contributed by atoms with Gasteiger partial charge in [0, 0.05) is 6.07 Å². The number of phenolic OH excluding ortho intramolecular Hbond substituents is 1. The molecule has 0 bridgehead atoms. The van der Waals surface area contributed by atoms with E-state index < -0.39 is 0 Å². The van der Waals surface area contributed by atoms with E-state index in [9.17, 15) is 5.11 Å². The monoisotopic (exact) mass is 294 g/mol. The van der Waals surface area contributed by atoms with Crippen molar-refractivity contribution in [2.24, 2.45) is 0 Å². The third-order valence-corrected chi connectivity index (χ3v) is 4.29. The maximum atomic E-state index is 10.3. The molecule has 102 valence electrons. The van der Waals surface area contributed by atoms with Gasteiger partial charge in [0.2, 0.25) is 0 Å². The summed E-state index contributed by atoms with van der Waals surface area (Å²) in [7, 11) is 0. The third kappa shape index (κ3) is 2.05. The molecule has 0 atom stereocenters. The Labute approximate surface area is 124 Å². The number of thiazole rings is 1. The lowest BCUT2D eigenvalue weighted by Crippen LogP contribution is -1.90. The molecule has 4 aromatic rings. The molecular weight excluding hydrogens is 284 g/mol. The standard InChI is InChI=1S/C15H10N4OS/c20-13-7-10(19-8-16-17-9-19)5-6-11(13)15-18-12-3-1-2-4-14(12)21-15/h1-9,20H. The van der Waals surface area contributed by atoms with Crippen LogP contribution < -0.4 is 0 Å². The Morgan fingerprint density at radius 1 is 1.00 bits per heavy atom. The highest BCUT2D eigenvalue weighted by Crippen LogP contribution is 2.36. The Bertz CT molecular complexity index is 881. The van der Waals surface area contributed by atoms with Crippen LogP contribution in [0.3, 0.4) is 0 Å². The van der Waals surface area contributed by atoms with Crippen LogP contribution in [0.1, 0.15) is 0 Å². The van der Waals surface area contributed by atoms with Gasteiger partial charge < -0.3 is 5.11 Å². The first kappa shape index (κ1) is 12.0. The van der Waals surface area contributed by atoms with Crippen LogP contribution in [0.2, 0.25) is 0 Å². The number of aromatic nitrogens is 4. The van der Waals surface area contributed by atoms with Crippen LogP contribution in [0, 0.1) is 0 Å². The van der Waals surface area contributed by atoms with Crippen molar-refractivity contribution >= 4 is 21.6 Å². The lowest BCUT2D eigenvalue weighted by Gasteiger charge is -2.05. The van der Waals surface area contributed by atoms with Crippen molar-refractivity contribution in [2.75, 3.05) is 0 Å². The summed E-state index contributed by atoms with van der Waals surface area (Å²) < 4.78 is 2.84. The van der Waals surface area contributed by atoms with E-state index in [-0.39, 0.29) is 5.75 Å². The highest BCUT2D eigenvalue weighted by molar-refractivity contribution is 7.21. The van der Waals surface area contributed by atoms with Crippen molar-refractivity contribution in [2.45, 2.75) is 0 Å². The molecule has 0 saturated heterocycles. The van der Waals surface area contributed by atoms with E-state index in [0.717, 1.165) is 26.5 Å². The Morgan fingerprint density at radius 3 is 2.57 bits per heavy atom. The molecule has 0 aliphatic rings. The smallest absolute Gasteiger partial charge is 0.128 e. The molecule has 0 fully saturated rings. The van der Waals surface area contributed by atoms with Crippen LogP contribution in [0.4, 0.5) is 0 Å². The van der Waals surface area contributed by atoms with Crippen LogP contribution in [0.5, 0.6) is 5.75 Å². The Balaban J connectivity index is 1.81. The Kier molecular flexibility index (Phi) is 2.68. The first-order valence-corrected chi connectivity index (χ1v) is 7.17. The fraction of sp³-hybridized carbons (Fsp3) is 0. The zero-order chi connectivity index (χ0) is 14.2. The summed E-state index contributed by atoms with van der Waals surface area (Å²) in [5.74, 6) is 0.195. The van der Waals surface area contributed by atoms with Gasteiger partial charge in [-0.25, -0.2) is 4.98 Å². The second kappa shape index (κ2) is 4.68. The lowest BCUT2D eigenvalue weighted by atomic mass is 10.2. The SMILES string of the molecule is Oc1cc(-n2cnnc2)ccc1-c1nc2ccccc2s1. The van der Waals surface area contributed by atoms with Gasteiger partial charge in [0.05, 0.1) is 21.5 Å². The van der Waals surface area contributed by atoms with Gasteiger partial charge in [0.1, 0.15) is 23.4 Å². The zero-order valence-corrected chi connectivity index (χ0v) is 11.7. The van der Waals surface area contributed by atoms with Crippen LogP contribution >= 0.6 is 11.3 Å². The molecule has 0 radical (unpaired) electrons. The minimum absolute atomic E-state index is 0.195. The van der Waals surface area contributed by atoms with Gasteiger partial charge in [-0.1, -0.05) is 12.1 Å². The van der Waals surface area contributed by atoms with Crippen LogP contribution in [-0.4, -0.2) is 24.9 Å². The average Bonchev–Trinajstić information content (AvgIpc) is 3.16. The maximum Gasteiger partial charge on any atom is 0.128 e. The van der Waals surface area contributed by atoms with Crippen molar-refractivity contribution in [1.29, 1.82) is 0 Å². The summed E-state index contributed by atoms with van der Waals surface area (Å²) >= 11 is 1.57. The van der Waals surface area contributed by atoms with Crippen LogP contribution in [0.25, 0.3) is 26.5 Å². The molecule has 2 aromatic carbocycles. The van der Waals surface area contributed by atoms with Gasteiger partial charge in [-0.15, -0.1) is 21.5 Å². The highest BCUT2D eigenvalue weighted by Gasteiger charge is 2.11. The number of hydrogen-bond donors (Lipinski definition) is 1. The number of aromatic hydroxyl groups is 1. The molecule has 0 aliphatic heterocycles. The van der Waals surface area contributed by atoms with Crippen LogP contribution in [0.15, 0.2) is 55.1 Å². The lowest BCUT2D eigenvalue weighted by molar-refractivity contribution is 0.477. The molecule has 6 heteroatoms. The quantitative estimate of drug-likeness (QED) is 0.616. The summed E-state index contributed by atoms with van der Waals surface area (Å²) in [5.41, 5.74) is 2.48. The highest BCUT2D eigenvalue weighted by atomic mass is 32.1. The predicted molar refractivity (Wildman–Crippen MR) is 81.6 cm³/mol. The number of benzene rings is 2. The molecule has 0 unspecified atom stereocenters. The van der Waals surface area contributed by atoms with Crippen molar-refractivity contribution in [3.63, 3.8) is 0 Å². The number of phenols is 1. The van der Waals surface area contributed by atoms with Gasteiger partial charge in [0.25, 0.3) is 0 Å². The van der Waals surface area contributed by atoms with Crippen molar-refractivity contribution < 1.29 is 5.11 Å². The third-order valence-electron chi connectivity index (χ3n) is 3.22. The van der Waals surface area contributed by atoms with E-state index in [2.05, 4.69) is 15.2 Å². The summed E-state index contributed by atoms with van der Waals surface area (Å²) in [6.45, 7) is 0. The Morgan fingerprint density at radius 2 is 1.81 bits per heavy atom. The minimum Gasteiger partial charge on any atom is -0.507 e. The molecule has 4 rings (SSSR count). The number of nitrogens with zero attached hydrogens (tertiary/aromatic N) is 4. The number of hydrogen-bond acceptors (Lipinski definition) is 5. The summed E-state index contributed by atoms with van der Waals surface area (Å²) in [6.07, 6.45) is 3.18. The van der Waals surface area contributed by atoms with Gasteiger partial charge in [-0.2, -0.15) is 0 Å². The van der Waals surface area contributed by atoms with Gasteiger partial charge in [0.15, 0.2) is 0 Å². The van der Waals surface area contributed by atoms with Crippen molar-refractivity contribution in [3.05, 3.63) is 55.1 Å². The normalized spacial score (nSPS) is 11.0. The van der Waals surface area contributed by atoms with E-state index in [1.165, 1.54) is 0 Å². The number of para-hydroxylation sites is 1. The van der Waals surface area contributed by atoms with Crippen LogP contribution in [-0.2, 0) is 0 Å². The summed E-state index contributed by atoms with van der Waals surface area (Å²) in [4.78, 5) is 4.56. The van der Waals surface area contributed by atoms with E-state index in [4.69, 9.17) is 0 Å². The second-order valence-corrected chi connectivity index (χ2v) is 5.59. The second-order valence-electron chi connectivity index (χ2n) is 4.56. The molecule has 2 heterocycles. The topological polar surface area (TPSA) is 63.8 Å². The predicted octanol–water partition coefficient (Wildman–Crippen LogP) is 3.25. The first-order valence-electron chi connectivity index (χ1n) is 6.35. The average molecular weight is 294 g/mol. The van der Waals surface area contributed by atoms with Gasteiger partial charge >= 0.3 is 0 Å². The fourth-order valence-electron chi connectivity index (χ4n) is 2.18. The number of rotatable bonds is 2. The molecule has 2 aromatic heterocycles. The van der Waals surface area contributed by atoms with E-state index in [1.807, 2.05) is 36.4 Å². The summed E-state index contributed by atoms with van der Waals surface area (Å²) in [6, 6.07) is 13.4. The minimum atomic E-state index is 0.195.